The molecule has 0 spiro atoms. The van der Waals surface area contributed by atoms with E-state index >= 15 is 0 Å². The minimum atomic E-state index is 0.555. The summed E-state index contributed by atoms with van der Waals surface area (Å²) >= 11 is 0. The number of fused-ring (bicyclic) bond motifs is 1. The van der Waals surface area contributed by atoms with Crippen molar-refractivity contribution in [2.75, 3.05) is 6.54 Å². The molecule has 1 atom stereocenters. The Balaban J connectivity index is 2.46. The number of nitrogens with two attached hydrogens (primary N) is 1. The maximum absolute atomic E-state index is 5.80. The summed E-state index contributed by atoms with van der Waals surface area (Å²) in [7, 11) is 0. The molecule has 1 aromatic rings. The van der Waals surface area contributed by atoms with E-state index in [1.54, 1.807) is 0 Å². The van der Waals surface area contributed by atoms with Gasteiger partial charge in [-0.25, -0.2) is 0 Å². The first-order chi connectivity index (χ1) is 6.77. The number of aryl methyl sites for hydroxylation is 2. The highest BCUT2D eigenvalue weighted by atomic mass is 15.3. The fourth-order valence-electron chi connectivity index (χ4n) is 2.60. The van der Waals surface area contributed by atoms with Gasteiger partial charge in [-0.2, -0.15) is 5.10 Å². The van der Waals surface area contributed by atoms with Crippen molar-refractivity contribution in [2.24, 2.45) is 5.73 Å². The number of hydrogen-bond acceptors (Lipinski definition) is 2. The summed E-state index contributed by atoms with van der Waals surface area (Å²) in [6.07, 6.45) is 3.68. The van der Waals surface area contributed by atoms with Gasteiger partial charge in [0.15, 0.2) is 0 Å². The standard InChI is InChI=1S/C11H19N3/c1-3-14-10-6-4-5-9(7-12)11(10)8(2)13-14/h9H,3-7,12H2,1-2H3. The predicted octanol–water partition coefficient (Wildman–Crippen LogP) is 1.59. The number of nitrogens with zero attached hydrogens (tertiary/aromatic N) is 2. The van der Waals surface area contributed by atoms with E-state index in [1.165, 1.54) is 36.2 Å². The summed E-state index contributed by atoms with van der Waals surface area (Å²) in [4.78, 5) is 0. The van der Waals surface area contributed by atoms with Gasteiger partial charge in [0.1, 0.15) is 0 Å². The summed E-state index contributed by atoms with van der Waals surface area (Å²) in [6.45, 7) is 6.01. The van der Waals surface area contributed by atoms with E-state index < -0.39 is 0 Å². The smallest absolute Gasteiger partial charge is 0.0631 e. The van der Waals surface area contributed by atoms with E-state index in [0.29, 0.717) is 5.92 Å². The summed E-state index contributed by atoms with van der Waals surface area (Å²) in [5.41, 5.74) is 9.87. The van der Waals surface area contributed by atoms with Gasteiger partial charge in [-0.15, -0.1) is 0 Å². The van der Waals surface area contributed by atoms with E-state index in [9.17, 15) is 0 Å². The Kier molecular flexibility index (Phi) is 2.59. The molecule has 0 amide bonds. The van der Waals surface area contributed by atoms with Crippen LogP contribution in [0.25, 0.3) is 0 Å². The quantitative estimate of drug-likeness (QED) is 0.775. The van der Waals surface area contributed by atoms with Crippen molar-refractivity contribution in [3.05, 3.63) is 17.0 Å². The first-order valence-electron chi connectivity index (χ1n) is 5.54. The van der Waals surface area contributed by atoms with E-state index in [0.717, 1.165) is 13.1 Å². The molecule has 14 heavy (non-hydrogen) atoms. The molecule has 0 aliphatic heterocycles. The van der Waals surface area contributed by atoms with E-state index in [1.807, 2.05) is 0 Å². The zero-order valence-electron chi connectivity index (χ0n) is 9.08. The SMILES string of the molecule is CCn1nc(C)c2c1CCCC2CN. The van der Waals surface area contributed by atoms with Crippen molar-refractivity contribution < 1.29 is 0 Å². The minimum Gasteiger partial charge on any atom is -0.330 e. The highest BCUT2D eigenvalue weighted by molar-refractivity contribution is 5.32. The van der Waals surface area contributed by atoms with Gasteiger partial charge in [-0.05, 0) is 45.6 Å². The molecule has 3 nitrogen and oxygen atoms in total. The summed E-state index contributed by atoms with van der Waals surface area (Å²) in [6, 6.07) is 0. The molecule has 2 rings (SSSR count). The summed E-state index contributed by atoms with van der Waals surface area (Å²) in [5.74, 6) is 0.555. The first kappa shape index (κ1) is 9.71. The van der Waals surface area contributed by atoms with Gasteiger partial charge in [-0.1, -0.05) is 0 Å². The molecule has 1 aliphatic rings. The lowest BCUT2D eigenvalue weighted by molar-refractivity contribution is 0.526. The van der Waals surface area contributed by atoms with Gasteiger partial charge < -0.3 is 5.73 Å². The van der Waals surface area contributed by atoms with Crippen molar-refractivity contribution in [3.8, 4) is 0 Å². The monoisotopic (exact) mass is 193 g/mol. The van der Waals surface area contributed by atoms with Crippen LogP contribution in [-0.4, -0.2) is 16.3 Å². The number of hydrogen-bond donors (Lipinski definition) is 1. The molecule has 0 saturated carbocycles. The molecule has 1 aliphatic carbocycles. The normalized spacial score (nSPS) is 20.9. The maximum Gasteiger partial charge on any atom is 0.0631 e. The number of aromatic nitrogens is 2. The maximum atomic E-state index is 5.80. The number of rotatable bonds is 2. The second-order valence-electron chi connectivity index (χ2n) is 4.09. The van der Waals surface area contributed by atoms with Crippen molar-refractivity contribution in [2.45, 2.75) is 45.6 Å². The lowest BCUT2D eigenvalue weighted by atomic mass is 9.85. The Hall–Kier alpha value is -0.830. The first-order valence-corrected chi connectivity index (χ1v) is 5.54. The van der Waals surface area contributed by atoms with Crippen LogP contribution < -0.4 is 5.73 Å². The Morgan fingerprint density at radius 2 is 2.36 bits per heavy atom. The van der Waals surface area contributed by atoms with Crippen molar-refractivity contribution >= 4 is 0 Å². The van der Waals surface area contributed by atoms with Crippen LogP contribution in [0.5, 0.6) is 0 Å². The third-order valence-corrected chi connectivity index (χ3v) is 3.24. The largest absolute Gasteiger partial charge is 0.330 e. The van der Waals surface area contributed by atoms with Crippen LogP contribution in [0.1, 0.15) is 42.6 Å². The van der Waals surface area contributed by atoms with Crippen LogP contribution in [0.2, 0.25) is 0 Å². The second-order valence-corrected chi connectivity index (χ2v) is 4.09. The molecule has 0 fully saturated rings. The van der Waals surface area contributed by atoms with Gasteiger partial charge >= 0.3 is 0 Å². The van der Waals surface area contributed by atoms with Gasteiger partial charge in [0, 0.05) is 17.8 Å². The predicted molar refractivity (Wildman–Crippen MR) is 57.4 cm³/mol. The fourth-order valence-corrected chi connectivity index (χ4v) is 2.60. The Labute approximate surface area is 85.3 Å². The minimum absolute atomic E-state index is 0.555. The fraction of sp³-hybridized carbons (Fsp3) is 0.727. The van der Waals surface area contributed by atoms with Crippen LogP contribution in [0.4, 0.5) is 0 Å². The molecule has 0 saturated heterocycles. The Morgan fingerprint density at radius 1 is 1.57 bits per heavy atom. The molecule has 0 bridgehead atoms. The molecular weight excluding hydrogens is 174 g/mol. The molecule has 78 valence electrons. The molecule has 0 aromatic carbocycles. The summed E-state index contributed by atoms with van der Waals surface area (Å²) < 4.78 is 2.15. The summed E-state index contributed by atoms with van der Waals surface area (Å²) in [5, 5.41) is 4.57. The van der Waals surface area contributed by atoms with Crippen molar-refractivity contribution in [3.63, 3.8) is 0 Å². The van der Waals surface area contributed by atoms with Crippen molar-refractivity contribution in [1.29, 1.82) is 0 Å². The average Bonchev–Trinajstić information content (AvgIpc) is 2.55. The second kappa shape index (κ2) is 3.73. The van der Waals surface area contributed by atoms with Gasteiger partial charge in [0.2, 0.25) is 0 Å². The molecule has 1 heterocycles. The van der Waals surface area contributed by atoms with Crippen LogP contribution in [0.3, 0.4) is 0 Å². The molecule has 2 N–H and O–H groups in total. The van der Waals surface area contributed by atoms with E-state index in [-0.39, 0.29) is 0 Å². The molecule has 1 aromatic heterocycles. The van der Waals surface area contributed by atoms with Gasteiger partial charge in [0.05, 0.1) is 5.69 Å². The zero-order valence-corrected chi connectivity index (χ0v) is 9.08. The Bertz CT molecular complexity index is 328. The topological polar surface area (TPSA) is 43.8 Å². The van der Waals surface area contributed by atoms with Gasteiger partial charge in [-0.3, -0.25) is 4.68 Å². The highest BCUT2D eigenvalue weighted by Crippen LogP contribution is 2.32. The van der Waals surface area contributed by atoms with Crippen LogP contribution >= 0.6 is 0 Å². The average molecular weight is 193 g/mol. The molecule has 0 radical (unpaired) electrons. The molecule has 1 unspecified atom stereocenters. The van der Waals surface area contributed by atoms with Crippen LogP contribution in [-0.2, 0) is 13.0 Å². The van der Waals surface area contributed by atoms with E-state index in [4.69, 9.17) is 5.73 Å². The van der Waals surface area contributed by atoms with E-state index in [2.05, 4.69) is 23.6 Å². The van der Waals surface area contributed by atoms with Crippen LogP contribution in [0.15, 0.2) is 0 Å². The molecule has 3 heteroatoms. The zero-order chi connectivity index (χ0) is 10.1. The Morgan fingerprint density at radius 3 is 3.00 bits per heavy atom. The van der Waals surface area contributed by atoms with Gasteiger partial charge in [0.25, 0.3) is 0 Å². The van der Waals surface area contributed by atoms with Crippen molar-refractivity contribution in [1.82, 2.24) is 9.78 Å². The third kappa shape index (κ3) is 1.36. The lowest BCUT2D eigenvalue weighted by Gasteiger charge is -2.22. The lowest BCUT2D eigenvalue weighted by Crippen LogP contribution is -2.19. The molecular formula is C11H19N3. The third-order valence-electron chi connectivity index (χ3n) is 3.24. The van der Waals surface area contributed by atoms with Crippen LogP contribution in [0, 0.1) is 6.92 Å². The highest BCUT2D eigenvalue weighted by Gasteiger charge is 2.25.